The Morgan fingerprint density at radius 1 is 1.29 bits per heavy atom. The van der Waals surface area contributed by atoms with Crippen molar-refractivity contribution in [3.8, 4) is 0 Å². The second-order valence-electron chi connectivity index (χ2n) is 4.46. The lowest BCUT2D eigenvalue weighted by Gasteiger charge is -2.10. The molecule has 0 aliphatic rings. The van der Waals surface area contributed by atoms with Crippen LogP contribution in [-0.2, 0) is 0 Å². The van der Waals surface area contributed by atoms with Gasteiger partial charge in [0.2, 0.25) is 0 Å². The molecule has 0 fully saturated rings. The van der Waals surface area contributed by atoms with Crippen molar-refractivity contribution in [1.29, 1.82) is 0 Å². The standard InChI is InChI=1S/C14H17N5O2/c1-2-7-16-13(20)9-5-3-4-6-11(9)18-14(21)12-10(15)8-17-19-12/h3-6,8H,2,7,15H2,1H3,(H,16,20)(H,17,19)(H,18,21). The number of hydrogen-bond acceptors (Lipinski definition) is 4. The molecule has 7 nitrogen and oxygen atoms in total. The monoisotopic (exact) mass is 287 g/mol. The largest absolute Gasteiger partial charge is 0.396 e. The number of carbonyl (C=O) groups is 2. The number of H-pyrrole nitrogens is 1. The maximum absolute atomic E-state index is 12.1. The van der Waals surface area contributed by atoms with E-state index in [4.69, 9.17) is 5.73 Å². The molecule has 2 aromatic rings. The summed E-state index contributed by atoms with van der Waals surface area (Å²) in [5.74, 6) is -0.675. The molecule has 2 amide bonds. The molecule has 7 heteroatoms. The third-order valence-corrected chi connectivity index (χ3v) is 2.85. The Kier molecular flexibility index (Phi) is 4.55. The van der Waals surface area contributed by atoms with Gasteiger partial charge in [-0.25, -0.2) is 0 Å². The first-order valence-corrected chi connectivity index (χ1v) is 6.61. The number of anilines is 2. The van der Waals surface area contributed by atoms with Gasteiger partial charge >= 0.3 is 0 Å². The van der Waals surface area contributed by atoms with Crippen molar-refractivity contribution < 1.29 is 9.59 Å². The molecular weight excluding hydrogens is 270 g/mol. The average Bonchev–Trinajstić information content (AvgIpc) is 2.91. The molecular formula is C14H17N5O2. The van der Waals surface area contributed by atoms with Gasteiger partial charge in [0.05, 0.1) is 23.1 Å². The number of amides is 2. The molecule has 0 radical (unpaired) electrons. The van der Waals surface area contributed by atoms with Crippen LogP contribution in [0.3, 0.4) is 0 Å². The number of rotatable bonds is 5. The Bertz CT molecular complexity index is 650. The minimum absolute atomic E-state index is 0.166. The van der Waals surface area contributed by atoms with E-state index in [1.807, 2.05) is 6.92 Å². The van der Waals surface area contributed by atoms with Crippen LogP contribution in [0, 0.1) is 0 Å². The fourth-order valence-electron chi connectivity index (χ4n) is 1.79. The summed E-state index contributed by atoms with van der Waals surface area (Å²) in [7, 11) is 0. The summed E-state index contributed by atoms with van der Waals surface area (Å²) in [6, 6.07) is 6.78. The van der Waals surface area contributed by atoms with Crippen LogP contribution in [-0.4, -0.2) is 28.6 Å². The van der Waals surface area contributed by atoms with Crippen molar-refractivity contribution in [3.05, 3.63) is 41.7 Å². The summed E-state index contributed by atoms with van der Waals surface area (Å²) in [6.07, 6.45) is 2.19. The van der Waals surface area contributed by atoms with Crippen LogP contribution in [0.1, 0.15) is 34.2 Å². The molecule has 0 saturated carbocycles. The quantitative estimate of drug-likeness (QED) is 0.665. The zero-order chi connectivity index (χ0) is 15.2. The Morgan fingerprint density at radius 3 is 2.71 bits per heavy atom. The summed E-state index contributed by atoms with van der Waals surface area (Å²) in [5.41, 5.74) is 6.86. The number of aromatic amines is 1. The van der Waals surface area contributed by atoms with Crippen LogP contribution in [0.2, 0.25) is 0 Å². The van der Waals surface area contributed by atoms with E-state index >= 15 is 0 Å². The van der Waals surface area contributed by atoms with Gasteiger partial charge in [0, 0.05) is 6.54 Å². The van der Waals surface area contributed by atoms with Gasteiger partial charge in [0.15, 0.2) is 0 Å². The maximum atomic E-state index is 12.1. The number of nitrogens with two attached hydrogens (primary N) is 1. The van der Waals surface area contributed by atoms with E-state index in [9.17, 15) is 9.59 Å². The van der Waals surface area contributed by atoms with Crippen molar-refractivity contribution in [2.75, 3.05) is 17.6 Å². The van der Waals surface area contributed by atoms with Crippen LogP contribution >= 0.6 is 0 Å². The molecule has 1 aromatic heterocycles. The van der Waals surface area contributed by atoms with E-state index in [1.54, 1.807) is 24.3 Å². The third-order valence-electron chi connectivity index (χ3n) is 2.85. The molecule has 21 heavy (non-hydrogen) atoms. The van der Waals surface area contributed by atoms with Crippen molar-refractivity contribution in [3.63, 3.8) is 0 Å². The van der Waals surface area contributed by atoms with Crippen molar-refractivity contribution in [2.24, 2.45) is 0 Å². The first kappa shape index (κ1) is 14.6. The number of para-hydroxylation sites is 1. The summed E-state index contributed by atoms with van der Waals surface area (Å²) >= 11 is 0. The molecule has 1 aromatic carbocycles. The van der Waals surface area contributed by atoms with E-state index in [-0.39, 0.29) is 17.3 Å². The smallest absolute Gasteiger partial charge is 0.275 e. The molecule has 0 atom stereocenters. The Balaban J connectivity index is 2.19. The molecule has 0 saturated heterocycles. The number of aromatic nitrogens is 2. The van der Waals surface area contributed by atoms with Crippen LogP contribution in [0.5, 0.6) is 0 Å². The number of carbonyl (C=O) groups excluding carboxylic acids is 2. The molecule has 0 aliphatic heterocycles. The summed E-state index contributed by atoms with van der Waals surface area (Å²) in [4.78, 5) is 24.1. The lowest BCUT2D eigenvalue weighted by atomic mass is 10.1. The maximum Gasteiger partial charge on any atom is 0.275 e. The predicted octanol–water partition coefficient (Wildman–Crippen LogP) is 1.38. The minimum Gasteiger partial charge on any atom is -0.396 e. The number of hydrogen-bond donors (Lipinski definition) is 4. The van der Waals surface area contributed by atoms with Gasteiger partial charge < -0.3 is 16.4 Å². The van der Waals surface area contributed by atoms with Crippen LogP contribution < -0.4 is 16.4 Å². The predicted molar refractivity (Wildman–Crippen MR) is 80.0 cm³/mol. The number of nitrogens with one attached hydrogen (secondary N) is 3. The summed E-state index contributed by atoms with van der Waals surface area (Å²) in [5, 5.41) is 11.6. The molecule has 0 spiro atoms. The minimum atomic E-state index is -0.444. The van der Waals surface area contributed by atoms with Gasteiger partial charge in [-0.2, -0.15) is 5.10 Å². The van der Waals surface area contributed by atoms with Crippen LogP contribution in [0.15, 0.2) is 30.5 Å². The normalized spacial score (nSPS) is 10.1. The molecule has 2 rings (SSSR count). The molecule has 0 aliphatic carbocycles. The Morgan fingerprint density at radius 2 is 2.05 bits per heavy atom. The zero-order valence-electron chi connectivity index (χ0n) is 11.6. The molecule has 0 bridgehead atoms. The Hall–Kier alpha value is -2.83. The Labute approximate surface area is 121 Å². The van der Waals surface area contributed by atoms with Crippen molar-refractivity contribution >= 4 is 23.2 Å². The number of nitrogens with zero attached hydrogens (tertiary/aromatic N) is 1. The van der Waals surface area contributed by atoms with Crippen LogP contribution in [0.25, 0.3) is 0 Å². The van der Waals surface area contributed by atoms with Gasteiger partial charge in [-0.15, -0.1) is 0 Å². The highest BCUT2D eigenvalue weighted by atomic mass is 16.2. The van der Waals surface area contributed by atoms with Gasteiger partial charge in [0.25, 0.3) is 11.8 Å². The number of benzene rings is 1. The van der Waals surface area contributed by atoms with E-state index < -0.39 is 5.91 Å². The molecule has 5 N–H and O–H groups in total. The van der Waals surface area contributed by atoms with E-state index in [0.717, 1.165) is 6.42 Å². The first-order chi connectivity index (χ1) is 10.1. The van der Waals surface area contributed by atoms with Gasteiger partial charge in [-0.1, -0.05) is 19.1 Å². The SMILES string of the molecule is CCCNC(=O)c1ccccc1NC(=O)c1[nH]ncc1N. The molecule has 1 heterocycles. The van der Waals surface area contributed by atoms with Gasteiger partial charge in [-0.3, -0.25) is 14.7 Å². The first-order valence-electron chi connectivity index (χ1n) is 6.61. The summed E-state index contributed by atoms with van der Waals surface area (Å²) in [6.45, 7) is 2.55. The summed E-state index contributed by atoms with van der Waals surface area (Å²) < 4.78 is 0. The van der Waals surface area contributed by atoms with E-state index in [0.29, 0.717) is 17.8 Å². The van der Waals surface area contributed by atoms with Crippen LogP contribution in [0.4, 0.5) is 11.4 Å². The highest BCUT2D eigenvalue weighted by molar-refractivity contribution is 6.10. The topological polar surface area (TPSA) is 113 Å². The fraction of sp³-hybridized carbons (Fsp3) is 0.214. The van der Waals surface area contributed by atoms with Crippen molar-refractivity contribution in [2.45, 2.75) is 13.3 Å². The lowest BCUT2D eigenvalue weighted by Crippen LogP contribution is -2.26. The lowest BCUT2D eigenvalue weighted by molar-refractivity contribution is 0.0954. The second-order valence-corrected chi connectivity index (χ2v) is 4.46. The third kappa shape index (κ3) is 3.38. The average molecular weight is 287 g/mol. The molecule has 110 valence electrons. The fourth-order valence-corrected chi connectivity index (χ4v) is 1.79. The second kappa shape index (κ2) is 6.56. The van der Waals surface area contributed by atoms with E-state index in [2.05, 4.69) is 20.8 Å². The highest BCUT2D eigenvalue weighted by Gasteiger charge is 2.16. The van der Waals surface area contributed by atoms with Gasteiger partial charge in [0.1, 0.15) is 5.69 Å². The number of nitrogen functional groups attached to an aromatic ring is 1. The zero-order valence-corrected chi connectivity index (χ0v) is 11.6. The van der Waals surface area contributed by atoms with Crippen molar-refractivity contribution in [1.82, 2.24) is 15.5 Å². The highest BCUT2D eigenvalue weighted by Crippen LogP contribution is 2.17. The van der Waals surface area contributed by atoms with Gasteiger partial charge in [-0.05, 0) is 18.6 Å². The molecule has 0 unspecified atom stereocenters. The van der Waals surface area contributed by atoms with E-state index in [1.165, 1.54) is 6.20 Å².